The molecule has 3 aromatic rings. The molecule has 1 N–H and O–H groups in total. The average molecular weight is 420 g/mol. The summed E-state index contributed by atoms with van der Waals surface area (Å²) < 4.78 is 7.03. The van der Waals surface area contributed by atoms with Gasteiger partial charge in [0.1, 0.15) is 5.75 Å². The van der Waals surface area contributed by atoms with Crippen LogP contribution in [0.25, 0.3) is 11.1 Å². The number of hydrogen-bond acceptors (Lipinski definition) is 4. The normalized spacial score (nSPS) is 10.7. The summed E-state index contributed by atoms with van der Waals surface area (Å²) in [5, 5.41) is 2.82. The van der Waals surface area contributed by atoms with E-state index in [1.165, 1.54) is 0 Å². The molecule has 1 aromatic carbocycles. The van der Waals surface area contributed by atoms with Gasteiger partial charge in [-0.15, -0.1) is 0 Å². The first kappa shape index (κ1) is 22.3. The lowest BCUT2D eigenvalue weighted by atomic mass is 9.92. The molecule has 3 rings (SSSR count). The summed E-state index contributed by atoms with van der Waals surface area (Å²) in [7, 11) is 3.39. The van der Waals surface area contributed by atoms with Crippen LogP contribution in [0.1, 0.15) is 35.7 Å². The number of hydrogen-bond donors (Lipinski definition) is 1. The molecule has 0 bridgehead atoms. The molecule has 0 fully saturated rings. The van der Waals surface area contributed by atoms with Gasteiger partial charge in [0.2, 0.25) is 5.91 Å². The van der Waals surface area contributed by atoms with E-state index in [2.05, 4.69) is 10.3 Å². The predicted molar refractivity (Wildman–Crippen MR) is 122 cm³/mol. The highest BCUT2D eigenvalue weighted by Gasteiger charge is 2.15. The quantitative estimate of drug-likeness (QED) is 0.607. The van der Waals surface area contributed by atoms with Crippen LogP contribution in [0.3, 0.4) is 0 Å². The Bertz CT molecular complexity index is 1120. The molecule has 0 radical (unpaired) electrons. The van der Waals surface area contributed by atoms with Crippen LogP contribution in [0.5, 0.6) is 5.75 Å². The van der Waals surface area contributed by atoms with Crippen molar-refractivity contribution in [2.45, 2.75) is 33.1 Å². The summed E-state index contributed by atoms with van der Waals surface area (Å²) in [5.74, 6) is 0.743. The minimum absolute atomic E-state index is 0.0204. The Balaban J connectivity index is 2.06. The summed E-state index contributed by atoms with van der Waals surface area (Å²) in [5.41, 5.74) is 5.83. The fraction of sp³-hybridized carbons (Fsp3) is 0.320. The molecule has 0 unspecified atom stereocenters. The molecular formula is C25H29N3O3. The molecule has 2 heterocycles. The summed E-state index contributed by atoms with van der Waals surface area (Å²) in [6, 6.07) is 11.6. The third-order valence-electron chi connectivity index (χ3n) is 5.26. The molecule has 0 saturated carbocycles. The van der Waals surface area contributed by atoms with E-state index < -0.39 is 0 Å². The van der Waals surface area contributed by atoms with E-state index in [-0.39, 0.29) is 11.5 Å². The van der Waals surface area contributed by atoms with Crippen LogP contribution in [0.2, 0.25) is 0 Å². The molecule has 31 heavy (non-hydrogen) atoms. The average Bonchev–Trinajstić information content (AvgIpc) is 2.76. The van der Waals surface area contributed by atoms with Gasteiger partial charge >= 0.3 is 0 Å². The number of rotatable bonds is 8. The van der Waals surface area contributed by atoms with Crippen molar-refractivity contribution in [3.8, 4) is 16.9 Å². The largest absolute Gasteiger partial charge is 0.497 e. The molecule has 6 heteroatoms. The maximum atomic E-state index is 12.3. The topological polar surface area (TPSA) is 73.2 Å². The molecule has 6 nitrogen and oxygen atoms in total. The molecule has 0 atom stereocenters. The van der Waals surface area contributed by atoms with Crippen LogP contribution in [0.15, 0.2) is 53.6 Å². The van der Waals surface area contributed by atoms with E-state index in [1.54, 1.807) is 24.8 Å². The molecule has 2 aromatic heterocycles. The second kappa shape index (κ2) is 10.1. The van der Waals surface area contributed by atoms with Gasteiger partial charge in [-0.2, -0.15) is 0 Å². The molecule has 0 saturated heterocycles. The number of pyridine rings is 2. The highest BCUT2D eigenvalue weighted by Crippen LogP contribution is 2.31. The second-order valence-electron chi connectivity index (χ2n) is 7.64. The van der Waals surface area contributed by atoms with Crippen LogP contribution >= 0.6 is 0 Å². The third-order valence-corrected chi connectivity index (χ3v) is 5.26. The van der Waals surface area contributed by atoms with E-state index in [4.69, 9.17) is 4.74 Å². The molecule has 0 aliphatic carbocycles. The van der Waals surface area contributed by atoms with Gasteiger partial charge in [0.05, 0.1) is 7.11 Å². The van der Waals surface area contributed by atoms with Crippen molar-refractivity contribution in [2.75, 3.05) is 13.7 Å². The van der Waals surface area contributed by atoms with Crippen LogP contribution in [-0.4, -0.2) is 29.1 Å². The number of aryl methyl sites for hydroxylation is 3. The maximum Gasteiger partial charge on any atom is 0.250 e. The minimum Gasteiger partial charge on any atom is -0.497 e. The predicted octanol–water partition coefficient (Wildman–Crippen LogP) is 3.42. The molecular weight excluding hydrogens is 390 g/mol. The second-order valence-corrected chi connectivity index (χ2v) is 7.64. The monoisotopic (exact) mass is 419 g/mol. The van der Waals surface area contributed by atoms with Gasteiger partial charge in [-0.3, -0.25) is 14.6 Å². The lowest BCUT2D eigenvalue weighted by molar-refractivity contribution is -0.120. The first-order valence-corrected chi connectivity index (χ1v) is 10.5. The number of methoxy groups -OCH3 is 1. The fourth-order valence-corrected chi connectivity index (χ4v) is 3.56. The van der Waals surface area contributed by atoms with Crippen molar-refractivity contribution in [2.24, 2.45) is 7.05 Å². The zero-order valence-electron chi connectivity index (χ0n) is 18.6. The maximum absolute atomic E-state index is 12.3. The van der Waals surface area contributed by atoms with E-state index >= 15 is 0 Å². The number of nitrogens with zero attached hydrogens (tertiary/aromatic N) is 2. The van der Waals surface area contributed by atoms with Crippen molar-refractivity contribution in [3.05, 3.63) is 81.5 Å². The van der Waals surface area contributed by atoms with Crippen LogP contribution in [-0.2, 0) is 24.7 Å². The van der Waals surface area contributed by atoms with Gasteiger partial charge < -0.3 is 14.6 Å². The summed E-state index contributed by atoms with van der Waals surface area (Å²) in [4.78, 5) is 28.9. The smallest absolute Gasteiger partial charge is 0.250 e. The van der Waals surface area contributed by atoms with E-state index in [9.17, 15) is 9.59 Å². The number of amides is 1. The summed E-state index contributed by atoms with van der Waals surface area (Å²) in [6.45, 7) is 4.50. The summed E-state index contributed by atoms with van der Waals surface area (Å²) >= 11 is 0. The highest BCUT2D eigenvalue weighted by molar-refractivity contribution is 5.77. The van der Waals surface area contributed by atoms with E-state index in [1.807, 2.05) is 56.6 Å². The first-order valence-electron chi connectivity index (χ1n) is 10.5. The van der Waals surface area contributed by atoms with Gasteiger partial charge in [-0.1, -0.05) is 12.1 Å². The highest BCUT2D eigenvalue weighted by atomic mass is 16.5. The fourth-order valence-electron chi connectivity index (χ4n) is 3.56. The standard InChI is InChI=1S/C25H29N3O3/c1-5-26-24(29)11-7-18-14-25(30)28(3)16-23(18)22-10-9-21(31-4)13-19(22)12-20-8-6-17(2)15-27-20/h6,8-10,13-16H,5,7,11-12H2,1-4H3,(H,26,29). The van der Waals surface area contributed by atoms with Gasteiger partial charge in [0.25, 0.3) is 5.56 Å². The van der Waals surface area contributed by atoms with Crippen LogP contribution in [0, 0.1) is 6.92 Å². The lowest BCUT2D eigenvalue weighted by Crippen LogP contribution is -2.23. The van der Waals surface area contributed by atoms with Crippen molar-refractivity contribution in [1.29, 1.82) is 0 Å². The van der Waals surface area contributed by atoms with Crippen LogP contribution in [0.4, 0.5) is 0 Å². The number of benzene rings is 1. The Morgan fingerprint density at radius 3 is 2.61 bits per heavy atom. The Morgan fingerprint density at radius 2 is 1.94 bits per heavy atom. The number of ether oxygens (including phenoxy) is 1. The van der Waals surface area contributed by atoms with E-state index in [0.29, 0.717) is 25.8 Å². The van der Waals surface area contributed by atoms with Crippen molar-refractivity contribution < 1.29 is 9.53 Å². The molecule has 0 aliphatic heterocycles. The summed E-state index contributed by atoms with van der Waals surface area (Å²) in [6.07, 6.45) is 5.17. The Kier molecular flexibility index (Phi) is 7.23. The molecule has 162 valence electrons. The van der Waals surface area contributed by atoms with Crippen LogP contribution < -0.4 is 15.6 Å². The zero-order valence-corrected chi connectivity index (χ0v) is 18.6. The van der Waals surface area contributed by atoms with Crippen molar-refractivity contribution in [1.82, 2.24) is 14.9 Å². The van der Waals surface area contributed by atoms with Gasteiger partial charge in [-0.05, 0) is 60.7 Å². The number of carbonyl (C=O) groups excluding carboxylic acids is 1. The Morgan fingerprint density at radius 1 is 1.13 bits per heavy atom. The minimum atomic E-state index is -0.0927. The lowest BCUT2D eigenvalue weighted by Gasteiger charge is -2.16. The van der Waals surface area contributed by atoms with Gasteiger partial charge in [0, 0.05) is 56.2 Å². The number of nitrogens with one attached hydrogen (secondary N) is 1. The SMILES string of the molecule is CCNC(=O)CCc1cc(=O)n(C)cc1-c1ccc(OC)cc1Cc1ccc(C)cn1. The molecule has 0 aliphatic rings. The third kappa shape index (κ3) is 5.60. The Labute approximate surface area is 182 Å². The van der Waals surface area contributed by atoms with E-state index in [0.717, 1.165) is 39.3 Å². The first-order chi connectivity index (χ1) is 14.9. The number of carbonyl (C=O) groups is 1. The van der Waals surface area contributed by atoms with Gasteiger partial charge in [0.15, 0.2) is 0 Å². The number of aromatic nitrogens is 2. The Hall–Kier alpha value is -3.41. The molecule has 1 amide bonds. The van der Waals surface area contributed by atoms with Crippen molar-refractivity contribution in [3.63, 3.8) is 0 Å². The molecule has 0 spiro atoms. The van der Waals surface area contributed by atoms with Crippen molar-refractivity contribution >= 4 is 5.91 Å². The zero-order chi connectivity index (χ0) is 22.4. The van der Waals surface area contributed by atoms with Gasteiger partial charge in [-0.25, -0.2) is 0 Å².